The number of thiazole rings is 1. The summed E-state index contributed by atoms with van der Waals surface area (Å²) in [5.74, 6) is -2.46. The van der Waals surface area contributed by atoms with Crippen LogP contribution in [-0.2, 0) is 20.7 Å². The number of barbiturate groups is 1. The van der Waals surface area contributed by atoms with Gasteiger partial charge in [-0.05, 0) is 18.6 Å². The van der Waals surface area contributed by atoms with Crippen LogP contribution in [0, 0.1) is 11.2 Å². The Hall–Kier alpha value is -3.91. The zero-order valence-corrected chi connectivity index (χ0v) is 20.8. The molecule has 3 aliphatic heterocycles. The quantitative estimate of drug-likeness (QED) is 0.470. The lowest BCUT2D eigenvalue weighted by atomic mass is 9.66. The number of carbonyl (C=O) groups excluding carboxylic acids is 4. The van der Waals surface area contributed by atoms with E-state index in [9.17, 15) is 19.2 Å². The minimum absolute atomic E-state index is 0.106. The van der Waals surface area contributed by atoms with Crippen molar-refractivity contribution in [2.75, 3.05) is 32.1 Å². The van der Waals surface area contributed by atoms with Crippen LogP contribution >= 0.6 is 11.3 Å². The normalized spacial score (nSPS) is 22.5. The van der Waals surface area contributed by atoms with Gasteiger partial charge in [0.05, 0.1) is 36.0 Å². The molecule has 37 heavy (non-hydrogen) atoms. The Morgan fingerprint density at radius 1 is 1.27 bits per heavy atom. The number of hydrogen-bond acceptors (Lipinski definition) is 10. The lowest BCUT2D eigenvalue weighted by Crippen LogP contribution is -2.74. The first-order chi connectivity index (χ1) is 17.6. The van der Waals surface area contributed by atoms with Gasteiger partial charge in [0.25, 0.3) is 5.91 Å². The van der Waals surface area contributed by atoms with Crippen LogP contribution in [0.1, 0.15) is 22.2 Å². The largest absolute Gasteiger partial charge is 0.374 e. The van der Waals surface area contributed by atoms with E-state index in [1.54, 1.807) is 32.0 Å². The number of amides is 5. The Labute approximate surface area is 212 Å². The van der Waals surface area contributed by atoms with E-state index >= 15 is 4.39 Å². The number of aromatic nitrogens is 2. The molecule has 0 aliphatic carbocycles. The van der Waals surface area contributed by atoms with Gasteiger partial charge in [-0.25, -0.2) is 14.2 Å². The summed E-state index contributed by atoms with van der Waals surface area (Å²) in [6, 6.07) is -0.143. The van der Waals surface area contributed by atoms with Crippen molar-refractivity contribution in [3.63, 3.8) is 0 Å². The monoisotopic (exact) mass is 528 g/mol. The molecule has 0 radical (unpaired) electrons. The molecule has 2 atom stereocenters. The maximum Gasteiger partial charge on any atom is 0.328 e. The van der Waals surface area contributed by atoms with E-state index in [2.05, 4.69) is 20.8 Å². The standard InChI is InChI=1S/C23H21FN6O6S/c1-9-17-23(20(32)26-22(34)27-21(23)33)7-10-6-11-14(18-25-8-12(37-18)19(31)29(2)3)28-36-16(11)13(24)15(10)30(17)4-5-35-9/h6,8-9,17H,4-5,7H2,1-3H3,(H2,26,27,32,33,34)/t9-,17+/m0/s1. The van der Waals surface area contributed by atoms with Gasteiger partial charge in [0, 0.05) is 27.1 Å². The maximum atomic E-state index is 16.1. The third-order valence-corrected chi connectivity index (χ3v) is 8.09. The Bertz CT molecular complexity index is 1490. The second kappa shape index (κ2) is 8.05. The molecule has 2 N–H and O–H groups in total. The molecule has 14 heteroatoms. The van der Waals surface area contributed by atoms with E-state index in [0.29, 0.717) is 15.4 Å². The number of nitrogens with one attached hydrogen (secondary N) is 2. The number of imide groups is 2. The third-order valence-electron chi connectivity index (χ3n) is 7.10. The Kier molecular flexibility index (Phi) is 5.11. The number of anilines is 1. The van der Waals surface area contributed by atoms with Crippen molar-refractivity contribution in [1.29, 1.82) is 0 Å². The molecule has 0 saturated carbocycles. The van der Waals surface area contributed by atoms with Crippen molar-refractivity contribution in [3.05, 3.63) is 28.5 Å². The topological polar surface area (TPSA) is 147 Å². The molecular weight excluding hydrogens is 507 g/mol. The van der Waals surface area contributed by atoms with Crippen molar-refractivity contribution in [3.8, 4) is 10.7 Å². The molecule has 1 aromatic carbocycles. The first-order valence-electron chi connectivity index (χ1n) is 11.5. The Balaban J connectivity index is 1.53. The van der Waals surface area contributed by atoms with Crippen LogP contribution < -0.4 is 15.5 Å². The van der Waals surface area contributed by atoms with Crippen LogP contribution in [0.2, 0.25) is 0 Å². The highest BCUT2D eigenvalue weighted by Crippen LogP contribution is 2.49. The van der Waals surface area contributed by atoms with E-state index in [-0.39, 0.29) is 47.8 Å². The van der Waals surface area contributed by atoms with Gasteiger partial charge >= 0.3 is 6.03 Å². The number of morpholine rings is 1. The molecule has 5 heterocycles. The minimum atomic E-state index is -1.73. The molecule has 3 aromatic rings. The summed E-state index contributed by atoms with van der Waals surface area (Å²) in [6.07, 6.45) is 0.622. The number of carbonyl (C=O) groups is 4. The van der Waals surface area contributed by atoms with Gasteiger partial charge in [0.1, 0.15) is 9.88 Å². The predicted octanol–water partition coefficient (Wildman–Crippen LogP) is 1.29. The first kappa shape index (κ1) is 23.5. The average molecular weight is 529 g/mol. The lowest BCUT2D eigenvalue weighted by molar-refractivity contribution is -0.151. The van der Waals surface area contributed by atoms with Gasteiger partial charge in [-0.1, -0.05) is 5.16 Å². The molecule has 0 unspecified atom stereocenters. The van der Waals surface area contributed by atoms with Gasteiger partial charge in [0.15, 0.2) is 16.9 Å². The fourth-order valence-electron chi connectivity index (χ4n) is 5.52. The predicted molar refractivity (Wildman–Crippen MR) is 127 cm³/mol. The van der Waals surface area contributed by atoms with E-state index in [1.807, 2.05) is 0 Å². The molecule has 2 saturated heterocycles. The zero-order chi connectivity index (χ0) is 26.2. The number of hydrogen-bond donors (Lipinski definition) is 2. The molecule has 1 spiro atoms. The van der Waals surface area contributed by atoms with Gasteiger partial charge in [-0.3, -0.25) is 25.0 Å². The van der Waals surface area contributed by atoms with Gasteiger partial charge in [-0.2, -0.15) is 0 Å². The molecular formula is C23H21FN6O6S. The molecule has 3 aliphatic rings. The maximum absolute atomic E-state index is 16.1. The minimum Gasteiger partial charge on any atom is -0.374 e. The highest BCUT2D eigenvalue weighted by Gasteiger charge is 2.62. The van der Waals surface area contributed by atoms with E-state index in [1.165, 1.54) is 11.1 Å². The Morgan fingerprint density at radius 3 is 2.70 bits per heavy atom. The third kappa shape index (κ3) is 3.21. The smallest absolute Gasteiger partial charge is 0.328 e. The van der Waals surface area contributed by atoms with Crippen LogP contribution in [0.4, 0.5) is 14.9 Å². The Morgan fingerprint density at radius 2 is 2.00 bits per heavy atom. The summed E-state index contributed by atoms with van der Waals surface area (Å²) >= 11 is 1.09. The highest BCUT2D eigenvalue weighted by molar-refractivity contribution is 7.17. The SMILES string of the molecule is C[C@@H]1OCCN2c3c(cc4c(-c5ncc(C(=O)N(C)C)s5)noc4c3F)CC3(C(=O)NC(=O)NC3=O)[C@@H]12. The molecule has 192 valence electrons. The summed E-state index contributed by atoms with van der Waals surface area (Å²) in [7, 11) is 3.24. The number of benzene rings is 1. The summed E-state index contributed by atoms with van der Waals surface area (Å²) in [6.45, 7) is 2.17. The van der Waals surface area contributed by atoms with Gasteiger partial charge in [-0.15, -0.1) is 11.3 Å². The van der Waals surface area contributed by atoms with Crippen molar-refractivity contribution in [2.24, 2.45) is 5.41 Å². The number of halogens is 1. The van der Waals surface area contributed by atoms with E-state index in [4.69, 9.17) is 9.26 Å². The fraction of sp³-hybridized carbons (Fsp3) is 0.391. The van der Waals surface area contributed by atoms with Gasteiger partial charge in [0.2, 0.25) is 17.4 Å². The van der Waals surface area contributed by atoms with Crippen molar-refractivity contribution < 1.29 is 32.8 Å². The fourth-order valence-corrected chi connectivity index (χ4v) is 6.45. The van der Waals surface area contributed by atoms with Crippen LogP contribution in [0.25, 0.3) is 21.7 Å². The average Bonchev–Trinajstić information content (AvgIpc) is 3.49. The van der Waals surface area contributed by atoms with E-state index < -0.39 is 41.2 Å². The molecule has 6 rings (SSSR count). The number of nitrogens with zero attached hydrogens (tertiary/aromatic N) is 4. The molecule has 0 bridgehead atoms. The van der Waals surface area contributed by atoms with Crippen molar-refractivity contribution in [1.82, 2.24) is 25.7 Å². The number of rotatable bonds is 2. The van der Waals surface area contributed by atoms with Crippen LogP contribution in [-0.4, -0.2) is 78.2 Å². The molecule has 12 nitrogen and oxygen atoms in total. The summed E-state index contributed by atoms with van der Waals surface area (Å²) in [4.78, 5) is 58.4. The molecule has 2 fully saturated rings. The summed E-state index contributed by atoms with van der Waals surface area (Å²) in [5, 5.41) is 9.08. The molecule has 2 aromatic heterocycles. The van der Waals surface area contributed by atoms with Crippen LogP contribution in [0.3, 0.4) is 0 Å². The molecule has 5 amide bonds. The number of urea groups is 1. The second-order valence-corrected chi connectivity index (χ2v) is 10.5. The summed E-state index contributed by atoms with van der Waals surface area (Å²) < 4.78 is 27.2. The van der Waals surface area contributed by atoms with Crippen LogP contribution in [0.5, 0.6) is 0 Å². The second-order valence-electron chi connectivity index (χ2n) is 9.44. The van der Waals surface area contributed by atoms with Crippen molar-refractivity contribution in [2.45, 2.75) is 25.5 Å². The zero-order valence-electron chi connectivity index (χ0n) is 20.0. The summed E-state index contributed by atoms with van der Waals surface area (Å²) in [5.41, 5.74) is -1.03. The lowest BCUT2D eigenvalue weighted by Gasteiger charge is -2.54. The van der Waals surface area contributed by atoms with Crippen molar-refractivity contribution >= 4 is 51.7 Å². The van der Waals surface area contributed by atoms with Crippen LogP contribution in [0.15, 0.2) is 16.8 Å². The first-order valence-corrected chi connectivity index (χ1v) is 12.3. The number of ether oxygens (including phenoxy) is 1. The highest BCUT2D eigenvalue weighted by atomic mass is 32.1. The number of fused-ring (bicyclic) bond motifs is 5. The van der Waals surface area contributed by atoms with Gasteiger partial charge < -0.3 is 19.1 Å². The van der Waals surface area contributed by atoms with E-state index in [0.717, 1.165) is 11.3 Å².